The predicted octanol–water partition coefficient (Wildman–Crippen LogP) is 0.632. The van der Waals surface area contributed by atoms with Gasteiger partial charge in [0, 0.05) is 24.7 Å². The normalized spacial score (nSPS) is 20.7. The minimum Gasteiger partial charge on any atom is -0.356 e. The van der Waals surface area contributed by atoms with E-state index in [-0.39, 0.29) is 24.2 Å². The second-order valence-corrected chi connectivity index (χ2v) is 7.26. The molecule has 2 aliphatic rings. The molecule has 2 heterocycles. The van der Waals surface area contributed by atoms with Crippen molar-refractivity contribution < 1.29 is 14.5 Å². The van der Waals surface area contributed by atoms with Crippen molar-refractivity contribution >= 4 is 17.5 Å². The fourth-order valence-corrected chi connectivity index (χ4v) is 3.47. The van der Waals surface area contributed by atoms with Gasteiger partial charge >= 0.3 is 11.2 Å². The smallest absolute Gasteiger partial charge is 0.334 e. The highest BCUT2D eigenvalue weighted by Gasteiger charge is 2.34. The summed E-state index contributed by atoms with van der Waals surface area (Å²) >= 11 is 0. The number of carbonyl (C=O) groups is 2. The van der Waals surface area contributed by atoms with Crippen LogP contribution in [0.5, 0.6) is 0 Å². The van der Waals surface area contributed by atoms with Crippen LogP contribution in [0.1, 0.15) is 38.1 Å². The van der Waals surface area contributed by atoms with Crippen LogP contribution >= 0.6 is 0 Å². The van der Waals surface area contributed by atoms with Gasteiger partial charge in [0.25, 0.3) is 0 Å². The van der Waals surface area contributed by atoms with E-state index in [0.717, 1.165) is 23.5 Å². The van der Waals surface area contributed by atoms with Gasteiger partial charge in [0.05, 0.1) is 11.0 Å². The molecule has 3 atom stereocenters. The minimum absolute atomic E-state index is 0.140. The maximum absolute atomic E-state index is 12.9. The zero-order valence-corrected chi connectivity index (χ0v) is 15.2. The number of amides is 2. The van der Waals surface area contributed by atoms with Gasteiger partial charge in [0.2, 0.25) is 11.8 Å². The van der Waals surface area contributed by atoms with E-state index in [1.54, 1.807) is 0 Å². The molecule has 148 valence electrons. The second-order valence-electron chi connectivity index (χ2n) is 7.26. The van der Waals surface area contributed by atoms with Crippen LogP contribution in [0.4, 0.5) is 5.69 Å². The van der Waals surface area contributed by atoms with E-state index in [0.29, 0.717) is 19.4 Å². The molecular weight excluding hydrogens is 366 g/mol. The molecule has 1 aliphatic carbocycles. The maximum Gasteiger partial charge on any atom is 0.334 e. The first-order chi connectivity index (χ1) is 13.4. The van der Waals surface area contributed by atoms with Crippen LogP contribution in [0.3, 0.4) is 0 Å². The molecule has 0 aromatic carbocycles. The molecule has 1 unspecified atom stereocenters. The summed E-state index contributed by atoms with van der Waals surface area (Å²) in [4.78, 5) is 47.3. The average molecular weight is 387 g/mol. The Bertz CT molecular complexity index is 885. The number of rotatable bonds is 8. The van der Waals surface area contributed by atoms with E-state index < -0.39 is 34.2 Å². The van der Waals surface area contributed by atoms with E-state index in [1.807, 2.05) is 6.07 Å². The topological polar surface area (TPSA) is 147 Å². The lowest BCUT2D eigenvalue weighted by Crippen LogP contribution is -2.43. The molecule has 2 amide bonds. The quantitative estimate of drug-likeness (QED) is 0.494. The number of nitrogens with one attached hydrogen (secondary N) is 2. The second kappa shape index (κ2) is 8.21. The number of aromatic nitrogens is 1. The molecule has 2 N–H and O–H groups in total. The van der Waals surface area contributed by atoms with Crippen molar-refractivity contribution in [2.75, 3.05) is 6.54 Å². The largest absolute Gasteiger partial charge is 0.356 e. The summed E-state index contributed by atoms with van der Waals surface area (Å²) in [5.41, 5.74) is -1.45. The van der Waals surface area contributed by atoms with Crippen LogP contribution in [-0.2, 0) is 9.59 Å². The fraction of sp³-hybridized carbons (Fsp3) is 0.556. The van der Waals surface area contributed by atoms with E-state index in [4.69, 9.17) is 0 Å². The summed E-state index contributed by atoms with van der Waals surface area (Å²) in [6, 6.07) is 2.64. The number of nitrogens with zero attached hydrogens (tertiary/aromatic N) is 3. The molecule has 0 spiro atoms. The van der Waals surface area contributed by atoms with Gasteiger partial charge in [0.1, 0.15) is 12.1 Å². The van der Waals surface area contributed by atoms with Crippen LogP contribution in [0.15, 0.2) is 23.1 Å². The van der Waals surface area contributed by atoms with Crippen LogP contribution in [0.2, 0.25) is 0 Å². The molecule has 1 aromatic rings. The zero-order chi connectivity index (χ0) is 20.3. The Morgan fingerprint density at radius 1 is 1.39 bits per heavy atom. The molecule has 2 fully saturated rings. The van der Waals surface area contributed by atoms with Gasteiger partial charge in [-0.15, -0.1) is 0 Å². The van der Waals surface area contributed by atoms with Crippen LogP contribution in [-0.4, -0.2) is 33.9 Å². The highest BCUT2D eigenvalue weighted by atomic mass is 16.6. The van der Waals surface area contributed by atoms with Crippen LogP contribution in [0.25, 0.3) is 0 Å². The van der Waals surface area contributed by atoms with Crippen molar-refractivity contribution in [1.29, 1.82) is 5.26 Å². The third-order valence-corrected chi connectivity index (χ3v) is 5.20. The number of hydrogen-bond donors (Lipinski definition) is 2. The van der Waals surface area contributed by atoms with Gasteiger partial charge in [0.15, 0.2) is 0 Å². The summed E-state index contributed by atoms with van der Waals surface area (Å²) in [5, 5.41) is 25.7. The van der Waals surface area contributed by atoms with Gasteiger partial charge in [-0.3, -0.25) is 29.1 Å². The lowest BCUT2D eigenvalue weighted by Gasteiger charge is -2.22. The average Bonchev–Trinajstić information content (AvgIpc) is 3.40. The molecule has 1 saturated carbocycles. The Morgan fingerprint density at radius 3 is 2.71 bits per heavy atom. The number of pyridine rings is 1. The SMILES string of the molecule is N#C[C@H](C[C@@H]1CCNC1=O)NC(=O)C(CC1CC1)n1cccc([N+](=O)[O-])c1=O. The fourth-order valence-electron chi connectivity index (χ4n) is 3.47. The number of hydrogen-bond acceptors (Lipinski definition) is 6. The van der Waals surface area contributed by atoms with Crippen molar-refractivity contribution in [2.24, 2.45) is 11.8 Å². The third-order valence-electron chi connectivity index (χ3n) is 5.20. The highest BCUT2D eigenvalue weighted by molar-refractivity contribution is 5.82. The minimum atomic E-state index is -0.937. The molecule has 10 heteroatoms. The van der Waals surface area contributed by atoms with Crippen LogP contribution in [0, 0.1) is 33.3 Å². The number of nitriles is 1. The molecule has 3 rings (SSSR count). The maximum atomic E-state index is 12.9. The van der Waals surface area contributed by atoms with E-state index in [1.165, 1.54) is 12.3 Å². The Kier molecular flexibility index (Phi) is 5.73. The summed E-state index contributed by atoms with van der Waals surface area (Å²) in [6.07, 6.45) is 4.37. The molecule has 1 aliphatic heterocycles. The lowest BCUT2D eigenvalue weighted by molar-refractivity contribution is -0.386. The van der Waals surface area contributed by atoms with Crippen molar-refractivity contribution in [1.82, 2.24) is 15.2 Å². The van der Waals surface area contributed by atoms with Crippen molar-refractivity contribution in [3.8, 4) is 6.07 Å². The predicted molar refractivity (Wildman–Crippen MR) is 97.0 cm³/mol. The van der Waals surface area contributed by atoms with Crippen molar-refractivity contribution in [2.45, 2.75) is 44.2 Å². The van der Waals surface area contributed by atoms with E-state index in [2.05, 4.69) is 10.6 Å². The molecule has 28 heavy (non-hydrogen) atoms. The first kappa shape index (κ1) is 19.5. The van der Waals surface area contributed by atoms with Gasteiger partial charge < -0.3 is 10.6 Å². The van der Waals surface area contributed by atoms with Crippen molar-refractivity contribution in [3.05, 3.63) is 38.8 Å². The monoisotopic (exact) mass is 387 g/mol. The summed E-state index contributed by atoms with van der Waals surface area (Å²) in [6.45, 7) is 0.545. The molecule has 1 saturated heterocycles. The first-order valence-corrected chi connectivity index (χ1v) is 9.24. The molecule has 0 radical (unpaired) electrons. The third kappa shape index (κ3) is 4.36. The first-order valence-electron chi connectivity index (χ1n) is 9.24. The van der Waals surface area contributed by atoms with Crippen molar-refractivity contribution in [3.63, 3.8) is 0 Å². The van der Waals surface area contributed by atoms with Gasteiger partial charge in [-0.2, -0.15) is 5.26 Å². The van der Waals surface area contributed by atoms with Gasteiger partial charge in [-0.1, -0.05) is 12.8 Å². The Morgan fingerprint density at radius 2 is 2.14 bits per heavy atom. The van der Waals surface area contributed by atoms with Gasteiger partial charge in [-0.25, -0.2) is 0 Å². The molecular formula is C18H21N5O5. The molecule has 1 aromatic heterocycles. The number of nitro groups is 1. The summed E-state index contributed by atoms with van der Waals surface area (Å²) in [5.74, 6) is -0.756. The Hall–Kier alpha value is -3.22. The standard InChI is InChI=1S/C18H21N5O5/c19-10-13(9-12-5-6-20-16(12)24)21-17(25)15(8-11-3-4-11)22-7-1-2-14(18(22)26)23(27)28/h1-2,7,11-13,15H,3-6,8-9H2,(H,20,24)(H,21,25)/t12-,13-,15?/m0/s1. The number of carbonyl (C=O) groups excluding carboxylic acids is 2. The summed E-state index contributed by atoms with van der Waals surface area (Å²) in [7, 11) is 0. The molecule has 10 nitrogen and oxygen atoms in total. The van der Waals surface area contributed by atoms with Crippen LogP contribution < -0.4 is 16.2 Å². The van der Waals surface area contributed by atoms with Gasteiger partial charge in [-0.05, 0) is 31.2 Å². The molecule has 0 bridgehead atoms. The Labute approximate surface area is 160 Å². The highest BCUT2D eigenvalue weighted by Crippen LogP contribution is 2.36. The Balaban J connectivity index is 1.79. The lowest BCUT2D eigenvalue weighted by atomic mass is 9.98. The van der Waals surface area contributed by atoms with E-state index in [9.17, 15) is 29.8 Å². The zero-order valence-electron chi connectivity index (χ0n) is 15.2. The summed E-state index contributed by atoms with van der Waals surface area (Å²) < 4.78 is 1.07. The van der Waals surface area contributed by atoms with E-state index >= 15 is 0 Å².